The molecule has 0 bridgehead atoms. The molecule has 3 aliphatic heterocycles. The summed E-state index contributed by atoms with van der Waals surface area (Å²) < 4.78 is 16.4. The van der Waals surface area contributed by atoms with Crippen molar-refractivity contribution in [1.82, 2.24) is 15.2 Å². The molecule has 4 heterocycles. The number of allylic oxidation sites excluding steroid dienone is 2. The molecule has 9 heteroatoms. The molecule has 4 aliphatic rings. The first-order chi connectivity index (χ1) is 17.0. The quantitative estimate of drug-likeness (QED) is 0.362. The lowest BCUT2D eigenvalue weighted by Gasteiger charge is -2.26. The number of fused-ring (bicyclic) bond motifs is 2. The number of alkyl carbamates (subject to hydrolysis) is 1. The molecule has 4 atom stereocenters. The Balaban J connectivity index is 1.42. The van der Waals surface area contributed by atoms with Crippen LogP contribution in [0.5, 0.6) is 0 Å². The highest BCUT2D eigenvalue weighted by molar-refractivity contribution is 6.00. The Hall–Kier alpha value is -3.85. The minimum atomic E-state index is -1.04. The molecule has 3 saturated heterocycles. The van der Waals surface area contributed by atoms with Crippen molar-refractivity contribution in [2.45, 2.75) is 18.2 Å². The predicted octanol–water partition coefficient (Wildman–Crippen LogP) is 2.55. The molecule has 0 spiro atoms. The van der Waals surface area contributed by atoms with Gasteiger partial charge in [0.15, 0.2) is 5.72 Å². The van der Waals surface area contributed by atoms with E-state index < -0.39 is 17.8 Å². The normalized spacial score (nSPS) is 28.7. The van der Waals surface area contributed by atoms with Crippen molar-refractivity contribution in [2.24, 2.45) is 11.8 Å². The van der Waals surface area contributed by atoms with Gasteiger partial charge in [-0.25, -0.2) is 9.59 Å². The van der Waals surface area contributed by atoms with E-state index in [1.54, 1.807) is 4.90 Å². The van der Waals surface area contributed by atoms with Crippen LogP contribution in [0.3, 0.4) is 0 Å². The van der Waals surface area contributed by atoms with Gasteiger partial charge in [0.2, 0.25) is 5.91 Å². The monoisotopic (exact) mass is 475 g/mol. The molecule has 35 heavy (non-hydrogen) atoms. The zero-order valence-electron chi connectivity index (χ0n) is 19.0. The largest absolute Gasteiger partial charge is 0.457 e. The van der Waals surface area contributed by atoms with Crippen molar-refractivity contribution in [1.29, 1.82) is 0 Å². The van der Waals surface area contributed by atoms with Gasteiger partial charge in [0, 0.05) is 28.9 Å². The number of esters is 1. The minimum absolute atomic E-state index is 0.0187. The van der Waals surface area contributed by atoms with Crippen LogP contribution in [0, 0.1) is 11.8 Å². The van der Waals surface area contributed by atoms with E-state index in [1.807, 2.05) is 42.5 Å². The van der Waals surface area contributed by atoms with Crippen molar-refractivity contribution in [3.05, 3.63) is 72.0 Å². The van der Waals surface area contributed by atoms with Gasteiger partial charge < -0.3 is 29.4 Å². The SMILES string of the molecule is C=CCOC(=O)c1[nH]c2ccc(C[C@H]3COC(=O)N3)cc2c1C1(N2CC3C=CC=CC3C2=O)CO1. The van der Waals surface area contributed by atoms with Crippen LogP contribution in [0.25, 0.3) is 10.9 Å². The smallest absolute Gasteiger partial charge is 0.407 e. The van der Waals surface area contributed by atoms with E-state index in [-0.39, 0.29) is 42.7 Å². The molecule has 6 rings (SSSR count). The maximum Gasteiger partial charge on any atom is 0.407 e. The Kier molecular flexibility index (Phi) is 5.03. The summed E-state index contributed by atoms with van der Waals surface area (Å²) in [6.45, 7) is 4.77. The highest BCUT2D eigenvalue weighted by atomic mass is 16.6. The zero-order valence-corrected chi connectivity index (χ0v) is 19.0. The summed E-state index contributed by atoms with van der Waals surface area (Å²) in [5.41, 5.74) is 1.53. The number of nitrogens with one attached hydrogen (secondary N) is 2. The van der Waals surface area contributed by atoms with Gasteiger partial charge in [-0.2, -0.15) is 0 Å². The average molecular weight is 476 g/mol. The topological polar surface area (TPSA) is 113 Å². The number of epoxide rings is 1. The van der Waals surface area contributed by atoms with Crippen LogP contribution in [0.2, 0.25) is 0 Å². The summed E-state index contributed by atoms with van der Waals surface area (Å²) in [4.78, 5) is 42.9. The first-order valence-electron chi connectivity index (χ1n) is 11.7. The van der Waals surface area contributed by atoms with E-state index in [9.17, 15) is 14.4 Å². The molecular weight excluding hydrogens is 450 g/mol. The van der Waals surface area contributed by atoms with E-state index in [4.69, 9.17) is 14.2 Å². The number of amides is 2. The number of benzene rings is 1. The summed E-state index contributed by atoms with van der Waals surface area (Å²) in [6, 6.07) is 5.68. The van der Waals surface area contributed by atoms with E-state index in [0.717, 1.165) is 16.5 Å². The van der Waals surface area contributed by atoms with Crippen LogP contribution in [0.1, 0.15) is 21.6 Å². The van der Waals surface area contributed by atoms with Gasteiger partial charge in [0.05, 0.1) is 12.0 Å². The number of likely N-dealkylation sites (tertiary alicyclic amines) is 1. The number of carbonyl (C=O) groups excluding carboxylic acids is 3. The number of cyclic esters (lactones) is 1. The van der Waals surface area contributed by atoms with E-state index in [2.05, 4.69) is 16.9 Å². The molecule has 1 aromatic heterocycles. The van der Waals surface area contributed by atoms with Crippen LogP contribution in [-0.4, -0.2) is 60.3 Å². The van der Waals surface area contributed by atoms with Crippen LogP contribution >= 0.6 is 0 Å². The third kappa shape index (κ3) is 3.54. The van der Waals surface area contributed by atoms with Crippen LogP contribution in [0.15, 0.2) is 55.2 Å². The molecular formula is C26H25N3O6. The number of H-pyrrole nitrogens is 1. The fraction of sp³-hybridized carbons (Fsp3) is 0.346. The molecule has 2 amide bonds. The second-order valence-electron chi connectivity index (χ2n) is 9.27. The van der Waals surface area contributed by atoms with E-state index >= 15 is 0 Å². The van der Waals surface area contributed by atoms with Crippen molar-refractivity contribution >= 4 is 28.9 Å². The number of ether oxygens (including phenoxy) is 3. The Labute approximate surface area is 201 Å². The first kappa shape index (κ1) is 21.7. The second kappa shape index (κ2) is 8.13. The minimum Gasteiger partial charge on any atom is -0.457 e. The molecule has 180 valence electrons. The first-order valence-corrected chi connectivity index (χ1v) is 11.7. The van der Waals surface area contributed by atoms with Crippen LogP contribution in [0.4, 0.5) is 4.79 Å². The van der Waals surface area contributed by atoms with Gasteiger partial charge in [-0.1, -0.05) is 43.0 Å². The predicted molar refractivity (Wildman–Crippen MR) is 125 cm³/mol. The standard InChI is InChI=1S/C26H25N3O6/c1-2-9-33-24(31)22-21(26(14-35-26)29-12-16-5-3-4-6-18(16)23(29)30)19-11-15(7-8-20(19)28-22)10-17-13-34-25(32)27-17/h2-8,11,16-18,28H,1,9-10,12-14H2,(H,27,32)/t16?,17-,18?,26?/m0/s1. The molecule has 2 aromatic rings. The molecule has 2 N–H and O–H groups in total. The number of rotatable bonds is 7. The Morgan fingerprint density at radius 3 is 2.83 bits per heavy atom. The third-order valence-corrected chi connectivity index (χ3v) is 7.06. The second-order valence-corrected chi connectivity index (χ2v) is 9.27. The molecule has 1 aromatic carbocycles. The maximum absolute atomic E-state index is 13.4. The van der Waals surface area contributed by atoms with Crippen molar-refractivity contribution < 1.29 is 28.6 Å². The molecule has 9 nitrogen and oxygen atoms in total. The number of aromatic nitrogens is 1. The summed E-state index contributed by atoms with van der Waals surface area (Å²) >= 11 is 0. The van der Waals surface area contributed by atoms with Gasteiger partial charge in [0.1, 0.15) is 25.5 Å². The fourth-order valence-electron chi connectivity index (χ4n) is 5.36. The lowest BCUT2D eigenvalue weighted by molar-refractivity contribution is -0.135. The number of carbonyl (C=O) groups is 3. The molecule has 3 fully saturated rings. The highest BCUT2D eigenvalue weighted by Crippen LogP contribution is 2.51. The molecule has 0 radical (unpaired) electrons. The summed E-state index contributed by atoms with van der Waals surface area (Å²) in [7, 11) is 0. The highest BCUT2D eigenvalue weighted by Gasteiger charge is 2.60. The maximum atomic E-state index is 13.4. The fourth-order valence-corrected chi connectivity index (χ4v) is 5.36. The Morgan fingerprint density at radius 2 is 2.11 bits per heavy atom. The van der Waals surface area contributed by atoms with Gasteiger partial charge in [-0.05, 0) is 24.1 Å². The Bertz CT molecular complexity index is 1300. The number of hydrogen-bond acceptors (Lipinski definition) is 6. The lowest BCUT2D eigenvalue weighted by Crippen LogP contribution is -2.39. The van der Waals surface area contributed by atoms with Crippen molar-refractivity contribution in [2.75, 3.05) is 26.4 Å². The van der Waals surface area contributed by atoms with Gasteiger partial charge in [0.25, 0.3) is 0 Å². The summed E-state index contributed by atoms with van der Waals surface area (Å²) in [5.74, 6) is -0.719. The van der Waals surface area contributed by atoms with Gasteiger partial charge in [-0.3, -0.25) is 4.79 Å². The molecule has 1 aliphatic carbocycles. The van der Waals surface area contributed by atoms with E-state index in [1.165, 1.54) is 6.08 Å². The number of nitrogens with zero attached hydrogens (tertiary/aromatic N) is 1. The van der Waals surface area contributed by atoms with E-state index in [0.29, 0.717) is 25.1 Å². The molecule has 0 saturated carbocycles. The van der Waals surface area contributed by atoms with Crippen molar-refractivity contribution in [3.63, 3.8) is 0 Å². The summed E-state index contributed by atoms with van der Waals surface area (Å²) in [5, 5.41) is 3.57. The average Bonchev–Trinajstić information content (AvgIpc) is 3.21. The Morgan fingerprint density at radius 1 is 1.29 bits per heavy atom. The lowest BCUT2D eigenvalue weighted by atomic mass is 9.92. The number of hydrogen-bond donors (Lipinski definition) is 2. The van der Waals surface area contributed by atoms with Crippen molar-refractivity contribution in [3.8, 4) is 0 Å². The number of aromatic amines is 1. The third-order valence-electron chi connectivity index (χ3n) is 7.06. The zero-order chi connectivity index (χ0) is 24.2. The van der Waals surface area contributed by atoms with Crippen LogP contribution < -0.4 is 5.32 Å². The van der Waals surface area contributed by atoms with Gasteiger partial charge in [-0.15, -0.1) is 0 Å². The summed E-state index contributed by atoms with van der Waals surface area (Å²) in [6.07, 6.45) is 9.47. The van der Waals surface area contributed by atoms with Crippen LogP contribution in [-0.2, 0) is 31.2 Å². The molecule has 3 unspecified atom stereocenters. The van der Waals surface area contributed by atoms with Gasteiger partial charge >= 0.3 is 12.1 Å².